The molecule has 0 fully saturated rings. The summed E-state index contributed by atoms with van der Waals surface area (Å²) in [5.74, 6) is 0.578. The van der Waals surface area contributed by atoms with Crippen LogP contribution in [0.4, 0.5) is 5.69 Å². The fourth-order valence-corrected chi connectivity index (χ4v) is 3.00. The van der Waals surface area contributed by atoms with E-state index in [1.807, 2.05) is 0 Å². The lowest BCUT2D eigenvalue weighted by atomic mass is 10.1. The molecule has 3 rings (SSSR count). The Hall–Kier alpha value is -3.48. The molecule has 1 heterocycles. The third kappa shape index (κ3) is 2.63. The van der Waals surface area contributed by atoms with Crippen molar-refractivity contribution in [2.24, 2.45) is 0 Å². The van der Waals surface area contributed by atoms with Crippen molar-refractivity contribution in [2.45, 2.75) is 0 Å². The lowest BCUT2D eigenvalue weighted by Crippen LogP contribution is -2.10. The summed E-state index contributed by atoms with van der Waals surface area (Å²) >= 11 is 0. The molecule has 26 heavy (non-hydrogen) atoms. The van der Waals surface area contributed by atoms with Crippen LogP contribution in [-0.2, 0) is 4.79 Å². The summed E-state index contributed by atoms with van der Waals surface area (Å²) in [5, 5.41) is 1.35. The van der Waals surface area contributed by atoms with E-state index in [1.165, 1.54) is 21.3 Å². The number of nitrogens with two attached hydrogens (primary N) is 1. The largest absolute Gasteiger partial charge is 0.493 e. The third-order valence-corrected chi connectivity index (χ3v) is 4.12. The molecule has 2 N–H and O–H groups in total. The normalized spacial score (nSPS) is 10.6. The van der Waals surface area contributed by atoms with Crippen molar-refractivity contribution in [3.63, 3.8) is 0 Å². The molecule has 0 aliphatic carbocycles. The number of methoxy groups -OCH3 is 3. The van der Waals surface area contributed by atoms with Gasteiger partial charge in [0.2, 0.25) is 11.5 Å². The van der Waals surface area contributed by atoms with Crippen molar-refractivity contribution in [3.8, 4) is 22.9 Å². The second kappa shape index (κ2) is 6.79. The molecule has 0 aliphatic rings. The number of rotatable bonds is 6. The Kier molecular flexibility index (Phi) is 4.53. The van der Waals surface area contributed by atoms with Crippen LogP contribution < -0.4 is 19.9 Å². The number of fused-ring (bicyclic) bond motifs is 1. The molecule has 7 nitrogen and oxygen atoms in total. The highest BCUT2D eigenvalue weighted by molar-refractivity contribution is 6.36. The average molecular weight is 354 g/mol. The van der Waals surface area contributed by atoms with Crippen molar-refractivity contribution >= 4 is 28.5 Å². The maximum Gasteiger partial charge on any atom is 0.242 e. The van der Waals surface area contributed by atoms with E-state index in [9.17, 15) is 9.59 Å². The van der Waals surface area contributed by atoms with Gasteiger partial charge < -0.3 is 24.5 Å². The maximum atomic E-state index is 12.3. The Morgan fingerprint density at radius 3 is 2.38 bits per heavy atom. The number of aromatic nitrogens is 1. The molecule has 1 aromatic heterocycles. The maximum absolute atomic E-state index is 12.3. The van der Waals surface area contributed by atoms with Crippen LogP contribution in [0.1, 0.15) is 10.5 Å². The van der Waals surface area contributed by atoms with Crippen molar-refractivity contribution in [2.75, 3.05) is 27.1 Å². The number of hydrogen-bond acceptors (Lipinski definition) is 6. The van der Waals surface area contributed by atoms with Crippen molar-refractivity contribution in [3.05, 3.63) is 42.2 Å². The minimum absolute atomic E-state index is 0.202. The van der Waals surface area contributed by atoms with Gasteiger partial charge in [0, 0.05) is 22.7 Å². The van der Waals surface area contributed by atoms with Gasteiger partial charge in [-0.15, -0.1) is 0 Å². The number of benzene rings is 2. The SMILES string of the molecule is COc1ccc(-n2cc3ccc(N)cc3c2C(=O)C=O)c(OC)c1OC. The van der Waals surface area contributed by atoms with Gasteiger partial charge in [0.1, 0.15) is 5.69 Å². The van der Waals surface area contributed by atoms with Crippen molar-refractivity contribution in [1.29, 1.82) is 0 Å². The van der Waals surface area contributed by atoms with E-state index in [1.54, 1.807) is 41.1 Å². The van der Waals surface area contributed by atoms with Crippen LogP contribution in [0.2, 0.25) is 0 Å². The van der Waals surface area contributed by atoms with Crippen LogP contribution in [0.15, 0.2) is 36.5 Å². The molecular weight excluding hydrogens is 336 g/mol. The minimum atomic E-state index is -0.664. The average Bonchev–Trinajstić information content (AvgIpc) is 3.04. The Labute approximate surface area is 149 Å². The third-order valence-electron chi connectivity index (χ3n) is 4.12. The number of anilines is 1. The summed E-state index contributed by atoms with van der Waals surface area (Å²) in [4.78, 5) is 23.6. The molecule has 0 spiro atoms. The van der Waals surface area contributed by atoms with Gasteiger partial charge in [-0.2, -0.15) is 0 Å². The van der Waals surface area contributed by atoms with Gasteiger partial charge in [0.15, 0.2) is 17.8 Å². The molecule has 0 saturated carbocycles. The number of aldehydes is 1. The van der Waals surface area contributed by atoms with Gasteiger partial charge in [-0.05, 0) is 24.3 Å². The van der Waals surface area contributed by atoms with E-state index in [-0.39, 0.29) is 12.0 Å². The van der Waals surface area contributed by atoms with Crippen LogP contribution in [0.3, 0.4) is 0 Å². The summed E-state index contributed by atoms with van der Waals surface area (Å²) < 4.78 is 17.8. The summed E-state index contributed by atoms with van der Waals surface area (Å²) in [6.45, 7) is 0. The van der Waals surface area contributed by atoms with E-state index in [0.29, 0.717) is 34.0 Å². The second-order valence-electron chi connectivity index (χ2n) is 5.53. The molecule has 0 amide bonds. The number of hydrogen-bond donors (Lipinski definition) is 1. The first-order valence-corrected chi connectivity index (χ1v) is 7.75. The first-order chi connectivity index (χ1) is 12.5. The second-order valence-corrected chi connectivity index (χ2v) is 5.53. The Bertz CT molecular complexity index is 1010. The van der Waals surface area contributed by atoms with Crippen LogP contribution in [-0.4, -0.2) is 38.0 Å². The van der Waals surface area contributed by atoms with Gasteiger partial charge in [0.25, 0.3) is 0 Å². The monoisotopic (exact) mass is 354 g/mol. The smallest absolute Gasteiger partial charge is 0.242 e. The molecule has 7 heteroatoms. The Morgan fingerprint density at radius 2 is 1.77 bits per heavy atom. The molecular formula is C19H18N2O5. The highest BCUT2D eigenvalue weighted by Crippen LogP contribution is 2.42. The number of ketones is 1. The van der Waals surface area contributed by atoms with Gasteiger partial charge in [-0.1, -0.05) is 6.07 Å². The lowest BCUT2D eigenvalue weighted by Gasteiger charge is -2.17. The molecule has 0 radical (unpaired) electrons. The first-order valence-electron chi connectivity index (χ1n) is 7.75. The zero-order chi connectivity index (χ0) is 18.8. The van der Waals surface area contributed by atoms with Crippen molar-refractivity contribution in [1.82, 2.24) is 4.57 Å². The first kappa shape index (κ1) is 17.3. The van der Waals surface area contributed by atoms with E-state index in [4.69, 9.17) is 19.9 Å². The van der Waals surface area contributed by atoms with Gasteiger partial charge in [0.05, 0.1) is 27.0 Å². The predicted octanol–water partition coefficient (Wildman–Crippen LogP) is 2.62. The molecule has 0 saturated heterocycles. The van der Waals surface area contributed by atoms with Crippen LogP contribution in [0, 0.1) is 0 Å². The van der Waals surface area contributed by atoms with Gasteiger partial charge in [-0.3, -0.25) is 9.59 Å². The van der Waals surface area contributed by atoms with Crippen LogP contribution >= 0.6 is 0 Å². The zero-order valence-corrected chi connectivity index (χ0v) is 14.6. The molecule has 3 aromatic rings. The molecule has 0 aliphatic heterocycles. The van der Waals surface area contributed by atoms with E-state index < -0.39 is 5.78 Å². The number of carbonyl (C=O) groups excluding carboxylic acids is 2. The number of nitrogens with zero attached hydrogens (tertiary/aromatic N) is 1. The topological polar surface area (TPSA) is 92.8 Å². The van der Waals surface area contributed by atoms with Crippen LogP contribution in [0.25, 0.3) is 16.5 Å². The predicted molar refractivity (Wildman–Crippen MR) is 97.7 cm³/mol. The van der Waals surface area contributed by atoms with Gasteiger partial charge in [-0.25, -0.2) is 0 Å². The Balaban J connectivity index is 2.39. The number of carbonyl (C=O) groups is 2. The summed E-state index contributed by atoms with van der Waals surface area (Å²) in [7, 11) is 4.50. The van der Waals surface area contributed by atoms with E-state index in [2.05, 4.69) is 0 Å². The molecule has 2 aromatic carbocycles. The summed E-state index contributed by atoms with van der Waals surface area (Å²) in [5.41, 5.74) is 7.08. The number of nitrogen functional groups attached to an aromatic ring is 1. The standard InChI is InChI=1S/C19H18N2O5/c1-24-16-7-6-14(18(25-2)19(16)26-3)21-9-11-4-5-12(20)8-13(11)17(21)15(23)10-22/h4-10H,20H2,1-3H3. The highest BCUT2D eigenvalue weighted by Gasteiger charge is 2.23. The fourth-order valence-electron chi connectivity index (χ4n) is 3.00. The molecule has 0 bridgehead atoms. The van der Waals surface area contributed by atoms with Crippen LogP contribution in [0.5, 0.6) is 17.2 Å². The molecule has 0 atom stereocenters. The fraction of sp³-hybridized carbons (Fsp3) is 0.158. The van der Waals surface area contributed by atoms with Gasteiger partial charge >= 0.3 is 0 Å². The molecule has 134 valence electrons. The van der Waals surface area contributed by atoms with E-state index >= 15 is 0 Å². The number of Topliss-reactive ketones (excluding diaryl/α,β-unsaturated/α-hetero) is 1. The van der Waals surface area contributed by atoms with Crippen molar-refractivity contribution < 1.29 is 23.8 Å². The number of ether oxygens (including phenoxy) is 3. The minimum Gasteiger partial charge on any atom is -0.493 e. The lowest BCUT2D eigenvalue weighted by molar-refractivity contribution is -0.104. The zero-order valence-electron chi connectivity index (χ0n) is 14.6. The molecule has 0 unspecified atom stereocenters. The highest BCUT2D eigenvalue weighted by atomic mass is 16.5. The Morgan fingerprint density at radius 1 is 1.04 bits per heavy atom. The summed E-state index contributed by atoms with van der Waals surface area (Å²) in [6, 6.07) is 8.61. The quantitative estimate of drug-likeness (QED) is 0.317. The van der Waals surface area contributed by atoms with E-state index in [0.717, 1.165) is 5.39 Å². The summed E-state index contributed by atoms with van der Waals surface area (Å²) in [6.07, 6.45) is 2.02.